The van der Waals surface area contributed by atoms with E-state index in [0.717, 1.165) is 36.7 Å². The highest BCUT2D eigenvalue weighted by atomic mass is 33.1. The van der Waals surface area contributed by atoms with Gasteiger partial charge in [0.1, 0.15) is 52.9 Å². The van der Waals surface area contributed by atoms with E-state index in [1.54, 1.807) is 18.3 Å². The molecule has 3 fully saturated rings. The number of carbonyl (C=O) groups is 3. The number of anilines is 1. The van der Waals surface area contributed by atoms with Gasteiger partial charge in [-0.1, -0.05) is 70.5 Å². The first-order chi connectivity index (χ1) is 29.4. The van der Waals surface area contributed by atoms with Crippen molar-refractivity contribution in [3.8, 4) is 5.75 Å². The first kappa shape index (κ1) is 42.3. The van der Waals surface area contributed by atoms with Crippen LogP contribution in [0.3, 0.4) is 0 Å². The number of carbonyl (C=O) groups excluding carboxylic acids is 3. The number of Topliss-reactive ketones (excluding diaryl/α,β-unsaturated/α-hetero) is 2. The third-order valence-corrected chi connectivity index (χ3v) is 16.7. The Morgan fingerprint density at radius 3 is 2.59 bits per heavy atom. The predicted octanol–water partition coefficient (Wildman–Crippen LogP) is 4.99. The summed E-state index contributed by atoms with van der Waals surface area (Å²) in [6.45, 7) is -0.891. The molecular formula is C46H50N2O11S2. The zero-order chi connectivity index (χ0) is 42.7. The van der Waals surface area contributed by atoms with Crippen molar-refractivity contribution in [1.82, 2.24) is 4.98 Å². The van der Waals surface area contributed by atoms with Crippen molar-refractivity contribution >= 4 is 45.3 Å². The second-order valence-corrected chi connectivity index (χ2v) is 20.2. The van der Waals surface area contributed by atoms with E-state index in [4.69, 9.17) is 9.47 Å². The fourth-order valence-electron chi connectivity index (χ4n) is 11.3. The molecular weight excluding hydrogens is 821 g/mol. The summed E-state index contributed by atoms with van der Waals surface area (Å²) in [7, 11) is 2.70. The van der Waals surface area contributed by atoms with Crippen LogP contribution in [0, 0.1) is 22.7 Å². The van der Waals surface area contributed by atoms with Crippen LogP contribution in [-0.2, 0) is 28.0 Å². The normalized spacial score (nSPS) is 36.0. The van der Waals surface area contributed by atoms with Crippen molar-refractivity contribution in [3.63, 3.8) is 0 Å². The summed E-state index contributed by atoms with van der Waals surface area (Å²) >= 11 is 0. The lowest BCUT2D eigenvalue weighted by Gasteiger charge is -2.51. The average molecular weight is 871 g/mol. The molecule has 4 aliphatic carbocycles. The van der Waals surface area contributed by atoms with Gasteiger partial charge in [0.05, 0.1) is 30.6 Å². The van der Waals surface area contributed by atoms with Crippen LogP contribution in [0.4, 0.5) is 5.82 Å². The molecule has 15 heteroatoms. The van der Waals surface area contributed by atoms with Gasteiger partial charge in [-0.3, -0.25) is 9.59 Å². The summed E-state index contributed by atoms with van der Waals surface area (Å²) in [4.78, 5) is 47.0. The zero-order valence-corrected chi connectivity index (χ0v) is 35.1. The summed E-state index contributed by atoms with van der Waals surface area (Å²) in [5, 5.41) is 72.5. The Hall–Kier alpha value is -4.06. The number of hydrogen-bond donors (Lipinski definition) is 7. The molecule has 3 aromatic rings. The van der Waals surface area contributed by atoms with Crippen molar-refractivity contribution in [3.05, 3.63) is 112 Å². The van der Waals surface area contributed by atoms with Crippen LogP contribution in [0.15, 0.2) is 84.3 Å². The van der Waals surface area contributed by atoms with Gasteiger partial charge in [0.25, 0.3) is 0 Å². The molecule has 6 bridgehead atoms. The topological polar surface area (TPSA) is 216 Å². The van der Waals surface area contributed by atoms with Gasteiger partial charge in [-0.2, -0.15) is 0 Å². The van der Waals surface area contributed by atoms with Crippen LogP contribution in [-0.4, -0.2) is 102 Å². The number of fused-ring (bicyclic) bond motifs is 5. The highest BCUT2D eigenvalue weighted by molar-refractivity contribution is 8.76. The van der Waals surface area contributed by atoms with Crippen LogP contribution in [0.5, 0.6) is 5.75 Å². The van der Waals surface area contributed by atoms with Gasteiger partial charge in [-0.15, -0.1) is 0 Å². The monoisotopic (exact) mass is 870 g/mol. The van der Waals surface area contributed by atoms with Gasteiger partial charge in [0.2, 0.25) is 6.29 Å². The summed E-state index contributed by atoms with van der Waals surface area (Å²) < 4.78 is 12.4. The summed E-state index contributed by atoms with van der Waals surface area (Å²) in [5.41, 5.74) is -2.36. The highest BCUT2D eigenvalue weighted by Crippen LogP contribution is 2.63. The fourth-order valence-corrected chi connectivity index (χ4v) is 13.6. The second-order valence-electron chi connectivity index (χ2n) is 17.7. The molecule has 6 aliphatic rings. The molecule has 9 rings (SSSR count). The minimum atomic E-state index is -2.34. The van der Waals surface area contributed by atoms with Crippen LogP contribution < -0.4 is 10.1 Å². The lowest BCUT2D eigenvalue weighted by molar-refractivity contribution is -0.318. The minimum absolute atomic E-state index is 0.00782. The molecule has 10 unspecified atom stereocenters. The van der Waals surface area contributed by atoms with E-state index in [9.17, 15) is 40.2 Å². The number of aliphatic hydroxyl groups excluding tert-OH is 5. The number of aldehydes is 1. The minimum Gasteiger partial charge on any atom is -0.511 e. The number of aromatic nitrogens is 1. The lowest BCUT2D eigenvalue weighted by Crippen LogP contribution is -2.69. The molecule has 10 atom stereocenters. The van der Waals surface area contributed by atoms with E-state index >= 15 is 4.79 Å². The lowest BCUT2D eigenvalue weighted by atomic mass is 9.60. The Balaban J connectivity index is 1.14. The van der Waals surface area contributed by atoms with Gasteiger partial charge < -0.3 is 50.2 Å². The molecule has 13 nitrogen and oxygen atoms in total. The van der Waals surface area contributed by atoms with E-state index < -0.39 is 65.1 Å². The molecule has 0 amide bonds. The van der Waals surface area contributed by atoms with Crippen LogP contribution in [0.2, 0.25) is 0 Å². The zero-order valence-electron chi connectivity index (χ0n) is 33.4. The Morgan fingerprint density at radius 2 is 1.79 bits per heavy atom. The second kappa shape index (κ2) is 16.2. The van der Waals surface area contributed by atoms with Crippen LogP contribution in [0.1, 0.15) is 82.4 Å². The number of allylic oxidation sites excluding steroid dienone is 4. The quantitative estimate of drug-likeness (QED) is 0.133. The van der Waals surface area contributed by atoms with Crippen LogP contribution in [0.25, 0.3) is 0 Å². The molecule has 1 saturated heterocycles. The number of benzene rings is 2. The van der Waals surface area contributed by atoms with E-state index in [0.29, 0.717) is 48.5 Å². The average Bonchev–Trinajstić information content (AvgIpc) is 3.85. The molecule has 0 radical (unpaired) electrons. The smallest absolute Gasteiger partial charge is 0.229 e. The van der Waals surface area contributed by atoms with Gasteiger partial charge >= 0.3 is 0 Å². The Bertz CT molecular complexity index is 2310. The van der Waals surface area contributed by atoms with Gasteiger partial charge in [-0.05, 0) is 102 Å². The van der Waals surface area contributed by atoms with Crippen molar-refractivity contribution in [2.75, 3.05) is 23.6 Å². The van der Waals surface area contributed by atoms with Gasteiger partial charge in [0, 0.05) is 23.4 Å². The van der Waals surface area contributed by atoms with E-state index in [2.05, 4.69) is 10.3 Å². The van der Waals surface area contributed by atoms with E-state index in [1.807, 2.05) is 30.3 Å². The van der Waals surface area contributed by atoms with E-state index in [1.165, 1.54) is 45.9 Å². The Kier molecular flexibility index (Phi) is 11.3. The molecule has 3 heterocycles. The molecule has 2 aliphatic heterocycles. The largest absolute Gasteiger partial charge is 0.511 e. The molecule has 322 valence electrons. The SMILES string of the molecule is O=CC1CCCC12CCC1(C2)CC2(O)C(O)C(CO)OC(Oc3cccc4c3C(=O)C3(CSSCNc5cc1ccn5)C(O)=CC(Cc1cccc(CO)c1)=CC3C4=O)C2O. The molecule has 7 N–H and O–H groups in total. The first-order valence-corrected chi connectivity index (χ1v) is 23.3. The molecule has 3 spiro atoms. The molecule has 2 aromatic carbocycles. The summed E-state index contributed by atoms with van der Waals surface area (Å²) in [5.74, 6) is -1.86. The van der Waals surface area contributed by atoms with Crippen molar-refractivity contribution < 1.29 is 54.5 Å². The third-order valence-electron chi connectivity index (χ3n) is 14.5. The molecule has 2 saturated carbocycles. The van der Waals surface area contributed by atoms with Crippen molar-refractivity contribution in [2.45, 2.75) is 93.6 Å². The maximum absolute atomic E-state index is 15.2. The first-order valence-electron chi connectivity index (χ1n) is 20.8. The predicted molar refractivity (Wildman–Crippen MR) is 228 cm³/mol. The van der Waals surface area contributed by atoms with Crippen molar-refractivity contribution in [2.24, 2.45) is 22.7 Å². The van der Waals surface area contributed by atoms with Gasteiger partial charge in [-0.25, -0.2) is 4.98 Å². The van der Waals surface area contributed by atoms with Crippen LogP contribution >= 0.6 is 21.6 Å². The molecule has 61 heavy (non-hydrogen) atoms. The number of pyridine rings is 1. The van der Waals surface area contributed by atoms with Gasteiger partial charge in [0.15, 0.2) is 11.6 Å². The van der Waals surface area contributed by atoms with Crippen molar-refractivity contribution in [1.29, 1.82) is 0 Å². The highest BCUT2D eigenvalue weighted by Gasteiger charge is 2.63. The maximum atomic E-state index is 15.2. The number of nitrogens with one attached hydrogen (secondary N) is 1. The fraction of sp³-hybridized carbons (Fsp3) is 0.478. The third kappa shape index (κ3) is 6.96. The Morgan fingerprint density at radius 1 is 0.967 bits per heavy atom. The maximum Gasteiger partial charge on any atom is 0.229 e. The number of ether oxygens (including phenoxy) is 2. The number of aliphatic hydroxyl groups is 6. The Labute approximate surface area is 361 Å². The standard InChI is InChI=1S/C46H50N2O11S2/c49-19-27-5-1-4-26(14-27)15-28-16-32-38(53)31-7-2-8-33-37(31)40(55)45(32,35(52)17-28)24-60-61-25-48-36-18-29(9-13-47-36)44(12-11-43(22-44)10-3-6-30(43)20-50)23-46(57)39(54)34(21-51)59-42(58-33)41(46)56/h1-2,4-5,7-9,13-14,16-18,20,30,32,34,39,41-42,49,51-52,54,56-57H,3,6,10-12,15,19,21-25H2,(H,47,48). The number of hydrogen-bond acceptors (Lipinski definition) is 15. The number of rotatable bonds is 5. The summed E-state index contributed by atoms with van der Waals surface area (Å²) in [6.07, 6.45) is 3.46. The number of nitrogens with zero attached hydrogens (tertiary/aromatic N) is 1. The number of ketones is 2. The van der Waals surface area contributed by atoms with E-state index in [-0.39, 0.29) is 52.7 Å². The molecule has 1 aromatic heterocycles. The summed E-state index contributed by atoms with van der Waals surface area (Å²) in [6, 6.07) is 15.6.